The predicted molar refractivity (Wildman–Crippen MR) is 63.0 cm³/mol. The van der Waals surface area contributed by atoms with Crippen molar-refractivity contribution >= 4 is 11.8 Å². The van der Waals surface area contributed by atoms with Crippen molar-refractivity contribution in [2.75, 3.05) is 11.9 Å². The molecule has 3 N–H and O–H groups in total. The van der Waals surface area contributed by atoms with Gasteiger partial charge < -0.3 is 15.5 Å². The van der Waals surface area contributed by atoms with Gasteiger partial charge in [0.1, 0.15) is 5.82 Å². The number of carboxylic acids is 1. The third kappa shape index (κ3) is 4.36. The predicted octanol–water partition coefficient (Wildman–Crippen LogP) is 1.14. The highest BCUT2D eigenvalue weighted by Gasteiger charge is 2.18. The Morgan fingerprint density at radius 3 is 2.65 bits per heavy atom. The third-order valence-electron chi connectivity index (χ3n) is 2.31. The molecule has 0 saturated carbocycles. The first-order chi connectivity index (χ1) is 7.94. The zero-order valence-electron chi connectivity index (χ0n) is 9.97. The molecule has 1 aromatic rings. The molecular formula is C11H17N3O3. The lowest BCUT2D eigenvalue weighted by molar-refractivity contribution is 0.0634. The van der Waals surface area contributed by atoms with E-state index < -0.39 is 11.6 Å². The van der Waals surface area contributed by atoms with Crippen LogP contribution in [0.5, 0.6) is 0 Å². The first-order valence-corrected chi connectivity index (χ1v) is 5.46. The molecular weight excluding hydrogens is 222 g/mol. The van der Waals surface area contributed by atoms with E-state index >= 15 is 0 Å². The molecule has 94 valence electrons. The van der Waals surface area contributed by atoms with Gasteiger partial charge in [-0.3, -0.25) is 0 Å². The number of aromatic nitrogens is 2. The molecule has 0 aromatic carbocycles. The van der Waals surface area contributed by atoms with E-state index in [0.29, 0.717) is 18.8 Å². The molecule has 0 fully saturated rings. The number of aromatic carboxylic acids is 1. The maximum Gasteiger partial charge on any atom is 0.356 e. The normalized spacial score (nSPS) is 14.1. The number of rotatable bonds is 6. The largest absolute Gasteiger partial charge is 0.476 e. The summed E-state index contributed by atoms with van der Waals surface area (Å²) in [5, 5.41) is 21.5. The van der Waals surface area contributed by atoms with Gasteiger partial charge >= 0.3 is 5.97 Å². The summed E-state index contributed by atoms with van der Waals surface area (Å²) in [6.07, 6.45) is 4.09. The van der Waals surface area contributed by atoms with Gasteiger partial charge in [-0.2, -0.15) is 0 Å². The Kier molecular flexibility index (Phi) is 4.39. The molecule has 0 bridgehead atoms. The molecule has 0 aliphatic heterocycles. The van der Waals surface area contributed by atoms with E-state index in [2.05, 4.69) is 15.3 Å². The minimum absolute atomic E-state index is 0.101. The van der Waals surface area contributed by atoms with Crippen LogP contribution in [0.25, 0.3) is 0 Å². The van der Waals surface area contributed by atoms with Crippen LogP contribution >= 0.6 is 0 Å². The molecule has 0 spiro atoms. The zero-order valence-corrected chi connectivity index (χ0v) is 9.97. The lowest BCUT2D eigenvalue weighted by Crippen LogP contribution is -2.33. The first-order valence-electron chi connectivity index (χ1n) is 5.46. The van der Waals surface area contributed by atoms with Crippen molar-refractivity contribution in [2.45, 2.75) is 32.3 Å². The Morgan fingerprint density at radius 2 is 2.18 bits per heavy atom. The monoisotopic (exact) mass is 239 g/mol. The highest BCUT2D eigenvalue weighted by Crippen LogP contribution is 2.12. The Morgan fingerprint density at radius 1 is 1.47 bits per heavy atom. The highest BCUT2D eigenvalue weighted by molar-refractivity contribution is 5.84. The van der Waals surface area contributed by atoms with Crippen LogP contribution in [0.4, 0.5) is 5.82 Å². The SMILES string of the molecule is CCCC(C)(O)CNc1cnc(C(=O)O)cn1. The number of anilines is 1. The van der Waals surface area contributed by atoms with E-state index in [0.717, 1.165) is 6.42 Å². The van der Waals surface area contributed by atoms with Gasteiger partial charge in [0.25, 0.3) is 0 Å². The van der Waals surface area contributed by atoms with Gasteiger partial charge in [0, 0.05) is 6.54 Å². The van der Waals surface area contributed by atoms with Crippen LogP contribution in [0.3, 0.4) is 0 Å². The highest BCUT2D eigenvalue weighted by atomic mass is 16.4. The number of hydrogen-bond acceptors (Lipinski definition) is 5. The molecule has 6 heteroatoms. The van der Waals surface area contributed by atoms with E-state index in [-0.39, 0.29) is 5.69 Å². The van der Waals surface area contributed by atoms with E-state index in [1.165, 1.54) is 12.4 Å². The summed E-state index contributed by atoms with van der Waals surface area (Å²) in [5.41, 5.74) is -0.905. The van der Waals surface area contributed by atoms with Crippen molar-refractivity contribution in [1.29, 1.82) is 0 Å². The van der Waals surface area contributed by atoms with Crippen LogP contribution < -0.4 is 5.32 Å². The minimum Gasteiger partial charge on any atom is -0.476 e. The molecule has 0 aliphatic rings. The molecule has 0 amide bonds. The van der Waals surface area contributed by atoms with Crippen molar-refractivity contribution < 1.29 is 15.0 Å². The summed E-state index contributed by atoms with van der Waals surface area (Å²) in [4.78, 5) is 18.2. The lowest BCUT2D eigenvalue weighted by atomic mass is 10.0. The summed E-state index contributed by atoms with van der Waals surface area (Å²) in [6.45, 7) is 4.08. The van der Waals surface area contributed by atoms with E-state index in [9.17, 15) is 9.90 Å². The Bertz CT molecular complexity index is 376. The number of aliphatic hydroxyl groups is 1. The van der Waals surface area contributed by atoms with Gasteiger partial charge in [0.2, 0.25) is 0 Å². The molecule has 1 rings (SSSR count). The molecule has 0 radical (unpaired) electrons. The van der Waals surface area contributed by atoms with Gasteiger partial charge in [-0.1, -0.05) is 13.3 Å². The van der Waals surface area contributed by atoms with Crippen molar-refractivity contribution in [2.24, 2.45) is 0 Å². The average Bonchev–Trinajstić information content (AvgIpc) is 2.27. The smallest absolute Gasteiger partial charge is 0.356 e. The van der Waals surface area contributed by atoms with Gasteiger partial charge in [-0.15, -0.1) is 0 Å². The molecule has 1 unspecified atom stereocenters. The second kappa shape index (κ2) is 5.58. The van der Waals surface area contributed by atoms with E-state index in [4.69, 9.17) is 5.11 Å². The maximum atomic E-state index is 10.6. The van der Waals surface area contributed by atoms with Crippen molar-refractivity contribution in [3.8, 4) is 0 Å². The van der Waals surface area contributed by atoms with Gasteiger partial charge in [-0.25, -0.2) is 14.8 Å². The summed E-state index contributed by atoms with van der Waals surface area (Å²) in [5.74, 6) is -0.659. The second-order valence-electron chi connectivity index (χ2n) is 4.19. The molecule has 0 saturated heterocycles. The van der Waals surface area contributed by atoms with Crippen LogP contribution in [-0.2, 0) is 0 Å². The summed E-state index contributed by atoms with van der Waals surface area (Å²) < 4.78 is 0. The zero-order chi connectivity index (χ0) is 12.9. The molecule has 17 heavy (non-hydrogen) atoms. The standard InChI is InChI=1S/C11H17N3O3/c1-3-4-11(2,17)7-14-9-6-12-8(5-13-9)10(15)16/h5-6,17H,3-4,7H2,1-2H3,(H,13,14)(H,15,16). The van der Waals surface area contributed by atoms with Crippen LogP contribution in [0.15, 0.2) is 12.4 Å². The minimum atomic E-state index is -1.11. The Hall–Kier alpha value is -1.69. The van der Waals surface area contributed by atoms with Gasteiger partial charge in [0.05, 0.1) is 18.0 Å². The third-order valence-corrected chi connectivity index (χ3v) is 2.31. The first kappa shape index (κ1) is 13.4. The van der Waals surface area contributed by atoms with Crippen LogP contribution in [-0.4, -0.2) is 38.3 Å². The quantitative estimate of drug-likeness (QED) is 0.689. The Labute approximate surface area is 99.7 Å². The van der Waals surface area contributed by atoms with Gasteiger partial charge in [0.15, 0.2) is 5.69 Å². The maximum absolute atomic E-state index is 10.6. The fraction of sp³-hybridized carbons (Fsp3) is 0.545. The average molecular weight is 239 g/mol. The molecule has 6 nitrogen and oxygen atoms in total. The number of carbonyl (C=O) groups is 1. The summed E-state index contributed by atoms with van der Waals surface area (Å²) >= 11 is 0. The number of hydrogen-bond donors (Lipinski definition) is 3. The number of nitrogens with one attached hydrogen (secondary N) is 1. The van der Waals surface area contributed by atoms with Gasteiger partial charge in [-0.05, 0) is 13.3 Å². The summed E-state index contributed by atoms with van der Waals surface area (Å²) in [6, 6.07) is 0. The fourth-order valence-electron chi connectivity index (χ4n) is 1.44. The van der Waals surface area contributed by atoms with Crippen LogP contribution in [0.1, 0.15) is 37.2 Å². The number of carboxylic acid groups (broad SMARTS) is 1. The topological polar surface area (TPSA) is 95.3 Å². The van der Waals surface area contributed by atoms with Crippen molar-refractivity contribution in [3.63, 3.8) is 0 Å². The van der Waals surface area contributed by atoms with Crippen LogP contribution in [0, 0.1) is 0 Å². The summed E-state index contributed by atoms with van der Waals surface area (Å²) in [7, 11) is 0. The Balaban J connectivity index is 2.55. The van der Waals surface area contributed by atoms with Crippen molar-refractivity contribution in [3.05, 3.63) is 18.1 Å². The number of nitrogens with zero attached hydrogens (tertiary/aromatic N) is 2. The molecule has 1 aromatic heterocycles. The molecule has 1 atom stereocenters. The molecule has 1 heterocycles. The fourth-order valence-corrected chi connectivity index (χ4v) is 1.44. The van der Waals surface area contributed by atoms with E-state index in [1.807, 2.05) is 6.92 Å². The van der Waals surface area contributed by atoms with E-state index in [1.54, 1.807) is 6.92 Å². The molecule has 0 aliphatic carbocycles. The van der Waals surface area contributed by atoms with Crippen LogP contribution in [0.2, 0.25) is 0 Å². The second-order valence-corrected chi connectivity index (χ2v) is 4.19. The van der Waals surface area contributed by atoms with Crippen molar-refractivity contribution in [1.82, 2.24) is 9.97 Å². The lowest BCUT2D eigenvalue weighted by Gasteiger charge is -2.23.